The number of amides is 1. The first kappa shape index (κ1) is 13.4. The molecule has 92 valence electrons. The molecule has 0 aliphatic carbocycles. The van der Waals surface area contributed by atoms with Crippen LogP contribution in [0.1, 0.15) is 38.1 Å². The van der Waals surface area contributed by atoms with Crippen LogP contribution in [-0.2, 0) is 0 Å². The van der Waals surface area contributed by atoms with Crippen molar-refractivity contribution >= 4 is 11.6 Å². The molecule has 0 unspecified atom stereocenters. The summed E-state index contributed by atoms with van der Waals surface area (Å²) in [5, 5.41) is 4.19. The van der Waals surface area contributed by atoms with Crippen molar-refractivity contribution in [3.8, 4) is 0 Å². The zero-order valence-corrected chi connectivity index (χ0v) is 10.8. The molecule has 0 aromatic carbocycles. The first-order valence-corrected chi connectivity index (χ1v) is 5.80. The van der Waals surface area contributed by atoms with Crippen LogP contribution in [0.25, 0.3) is 0 Å². The van der Waals surface area contributed by atoms with Crippen molar-refractivity contribution < 1.29 is 4.79 Å². The van der Waals surface area contributed by atoms with Crippen molar-refractivity contribution in [1.29, 1.82) is 0 Å². The molecule has 0 fully saturated rings. The molecule has 1 rings (SSSR count). The third-order valence-electron chi connectivity index (χ3n) is 2.39. The molecule has 17 heavy (non-hydrogen) atoms. The number of aromatic nitrogens is 1. The third kappa shape index (κ3) is 3.98. The van der Waals surface area contributed by atoms with Gasteiger partial charge in [0, 0.05) is 18.1 Å². The van der Waals surface area contributed by atoms with Crippen LogP contribution in [0.2, 0.25) is 0 Å². The van der Waals surface area contributed by atoms with Gasteiger partial charge < -0.3 is 0 Å². The largest absolute Gasteiger partial charge is 0.272 e. The Hall–Kier alpha value is -1.71. The van der Waals surface area contributed by atoms with Crippen LogP contribution >= 0.6 is 0 Å². The molecule has 0 aliphatic rings. The summed E-state index contributed by atoms with van der Waals surface area (Å²) in [6.45, 7) is 8.26. The summed E-state index contributed by atoms with van der Waals surface area (Å²) in [6, 6.07) is 3.44. The summed E-state index contributed by atoms with van der Waals surface area (Å²) < 4.78 is 0. The standard InChI is InChI=1S/C13H19N3O/c1-9(2)12(10(3)4)15-16-13(17)11-6-5-7-14-8-11/h5-10H,1-4H3,(H,16,17). The second-order valence-electron chi connectivity index (χ2n) is 4.53. The Labute approximate surface area is 102 Å². The van der Waals surface area contributed by atoms with E-state index in [1.165, 1.54) is 6.20 Å². The number of nitrogens with one attached hydrogen (secondary N) is 1. The van der Waals surface area contributed by atoms with Gasteiger partial charge in [0.05, 0.1) is 5.56 Å². The van der Waals surface area contributed by atoms with Crippen molar-refractivity contribution in [1.82, 2.24) is 10.4 Å². The quantitative estimate of drug-likeness (QED) is 0.641. The number of hydrogen-bond donors (Lipinski definition) is 1. The first-order valence-electron chi connectivity index (χ1n) is 5.80. The first-order chi connectivity index (χ1) is 8.02. The van der Waals surface area contributed by atoms with Crippen LogP contribution in [0.4, 0.5) is 0 Å². The van der Waals surface area contributed by atoms with E-state index in [-0.39, 0.29) is 5.91 Å². The van der Waals surface area contributed by atoms with Gasteiger partial charge in [0.2, 0.25) is 0 Å². The molecule has 0 aliphatic heterocycles. The minimum absolute atomic E-state index is 0.225. The van der Waals surface area contributed by atoms with Crippen molar-refractivity contribution in [2.75, 3.05) is 0 Å². The maximum absolute atomic E-state index is 11.7. The second kappa shape index (κ2) is 6.13. The maximum atomic E-state index is 11.7. The molecule has 0 saturated heterocycles. The average Bonchev–Trinajstić information content (AvgIpc) is 2.29. The van der Waals surface area contributed by atoms with Crippen molar-refractivity contribution in [3.05, 3.63) is 30.1 Å². The Kier molecular flexibility index (Phi) is 4.82. The van der Waals surface area contributed by atoms with E-state index >= 15 is 0 Å². The fraction of sp³-hybridized carbons (Fsp3) is 0.462. The van der Waals surface area contributed by atoms with E-state index in [2.05, 4.69) is 43.2 Å². The fourth-order valence-corrected chi connectivity index (χ4v) is 1.60. The smallest absolute Gasteiger partial charge is 0.267 e. The lowest BCUT2D eigenvalue weighted by atomic mass is 9.98. The second-order valence-corrected chi connectivity index (χ2v) is 4.53. The van der Waals surface area contributed by atoms with E-state index in [1.807, 2.05) is 0 Å². The number of rotatable bonds is 4. The molecule has 0 atom stereocenters. The van der Waals surface area contributed by atoms with Gasteiger partial charge in [-0.1, -0.05) is 27.7 Å². The van der Waals surface area contributed by atoms with Gasteiger partial charge in [-0.05, 0) is 24.0 Å². The number of hydrazone groups is 1. The van der Waals surface area contributed by atoms with Gasteiger partial charge in [0.15, 0.2) is 0 Å². The monoisotopic (exact) mass is 233 g/mol. The molecule has 0 bridgehead atoms. The Morgan fingerprint density at radius 2 is 1.94 bits per heavy atom. The van der Waals surface area contributed by atoms with Crippen LogP contribution in [0.15, 0.2) is 29.6 Å². The molecule has 1 aromatic rings. The zero-order chi connectivity index (χ0) is 12.8. The van der Waals surface area contributed by atoms with Crippen LogP contribution in [0.5, 0.6) is 0 Å². The Bertz CT molecular complexity index is 386. The molecule has 4 nitrogen and oxygen atoms in total. The van der Waals surface area contributed by atoms with Gasteiger partial charge in [-0.25, -0.2) is 5.43 Å². The van der Waals surface area contributed by atoms with Gasteiger partial charge in [-0.2, -0.15) is 5.10 Å². The van der Waals surface area contributed by atoms with Gasteiger partial charge >= 0.3 is 0 Å². The van der Waals surface area contributed by atoms with Crippen molar-refractivity contribution in [2.24, 2.45) is 16.9 Å². The van der Waals surface area contributed by atoms with Gasteiger partial charge in [0.25, 0.3) is 5.91 Å². The highest BCUT2D eigenvalue weighted by Gasteiger charge is 2.11. The van der Waals surface area contributed by atoms with E-state index in [9.17, 15) is 4.79 Å². The highest BCUT2D eigenvalue weighted by atomic mass is 16.2. The number of pyridine rings is 1. The minimum Gasteiger partial charge on any atom is -0.267 e. The van der Waals surface area contributed by atoms with Gasteiger partial charge in [-0.3, -0.25) is 9.78 Å². The third-order valence-corrected chi connectivity index (χ3v) is 2.39. The number of hydrogen-bond acceptors (Lipinski definition) is 3. The predicted octanol–water partition coefficient (Wildman–Crippen LogP) is 2.48. The number of nitrogens with zero attached hydrogens (tertiary/aromatic N) is 2. The molecule has 1 aromatic heterocycles. The summed E-state index contributed by atoms with van der Waals surface area (Å²) in [6.07, 6.45) is 3.16. The van der Waals surface area contributed by atoms with Crippen molar-refractivity contribution in [2.45, 2.75) is 27.7 Å². The van der Waals surface area contributed by atoms with Crippen LogP contribution in [0.3, 0.4) is 0 Å². The normalized spacial score (nSPS) is 10.5. The topological polar surface area (TPSA) is 54.4 Å². The molecule has 1 heterocycles. The predicted molar refractivity (Wildman–Crippen MR) is 68.8 cm³/mol. The molecule has 1 N–H and O–H groups in total. The number of carbonyl (C=O) groups is 1. The summed E-state index contributed by atoms with van der Waals surface area (Å²) in [4.78, 5) is 15.6. The van der Waals surface area contributed by atoms with E-state index < -0.39 is 0 Å². The maximum Gasteiger partial charge on any atom is 0.272 e. The molecule has 0 spiro atoms. The van der Waals surface area contributed by atoms with Crippen LogP contribution < -0.4 is 5.43 Å². The Morgan fingerprint density at radius 3 is 2.41 bits per heavy atom. The lowest BCUT2D eigenvalue weighted by Crippen LogP contribution is -2.24. The molecular formula is C13H19N3O. The Balaban J connectivity index is 2.72. The number of carbonyl (C=O) groups excluding carboxylic acids is 1. The van der Waals surface area contributed by atoms with Gasteiger partial charge in [-0.15, -0.1) is 0 Å². The van der Waals surface area contributed by atoms with Crippen molar-refractivity contribution in [3.63, 3.8) is 0 Å². The fourth-order valence-electron chi connectivity index (χ4n) is 1.60. The minimum atomic E-state index is -0.225. The molecular weight excluding hydrogens is 214 g/mol. The van der Waals surface area contributed by atoms with Crippen LogP contribution in [-0.4, -0.2) is 16.6 Å². The highest BCUT2D eigenvalue weighted by Crippen LogP contribution is 2.07. The zero-order valence-electron chi connectivity index (χ0n) is 10.8. The van der Waals surface area contributed by atoms with Crippen LogP contribution in [0, 0.1) is 11.8 Å². The molecule has 4 heteroatoms. The summed E-state index contributed by atoms with van der Waals surface area (Å²) >= 11 is 0. The molecule has 1 amide bonds. The SMILES string of the molecule is CC(C)C(=NNC(=O)c1cccnc1)C(C)C. The molecule has 0 radical (unpaired) electrons. The summed E-state index contributed by atoms with van der Waals surface area (Å²) in [5.74, 6) is 0.422. The van der Waals surface area contributed by atoms with E-state index in [0.717, 1.165) is 5.71 Å². The summed E-state index contributed by atoms with van der Waals surface area (Å²) in [5.41, 5.74) is 4.08. The highest BCUT2D eigenvalue weighted by molar-refractivity contribution is 5.95. The van der Waals surface area contributed by atoms with E-state index in [0.29, 0.717) is 17.4 Å². The van der Waals surface area contributed by atoms with E-state index in [1.54, 1.807) is 18.3 Å². The average molecular weight is 233 g/mol. The Morgan fingerprint density at radius 1 is 1.29 bits per heavy atom. The lowest BCUT2D eigenvalue weighted by Gasteiger charge is -2.13. The molecule has 0 saturated carbocycles. The van der Waals surface area contributed by atoms with Gasteiger partial charge in [0.1, 0.15) is 0 Å². The van der Waals surface area contributed by atoms with E-state index in [4.69, 9.17) is 0 Å². The summed E-state index contributed by atoms with van der Waals surface area (Å²) in [7, 11) is 0. The lowest BCUT2D eigenvalue weighted by molar-refractivity contribution is 0.0954.